The zero-order chi connectivity index (χ0) is 18.4. The average molecular weight is 346 g/mol. The molecule has 5 nitrogen and oxygen atoms in total. The summed E-state index contributed by atoms with van der Waals surface area (Å²) in [5, 5.41) is 12.5. The molecule has 26 heavy (non-hydrogen) atoms. The Morgan fingerprint density at radius 2 is 1.77 bits per heavy atom. The van der Waals surface area contributed by atoms with Crippen LogP contribution in [0.4, 0.5) is 0 Å². The maximum Gasteiger partial charge on any atom is 0.337 e. The number of nitrogens with zero attached hydrogens (tertiary/aromatic N) is 1. The van der Waals surface area contributed by atoms with E-state index < -0.39 is 11.9 Å². The summed E-state index contributed by atoms with van der Waals surface area (Å²) in [5.74, 6) is -1.52. The number of carboxylic acids is 1. The number of aromatic nitrogens is 1. The maximum atomic E-state index is 12.6. The molecular weight excluding hydrogens is 328 g/mol. The SMILES string of the molecule is O=C(NCCc1cccnc1)c1cccc(-c2ccccc2)c1C(=O)O. The second kappa shape index (κ2) is 8.07. The van der Waals surface area contributed by atoms with Crippen molar-refractivity contribution in [2.24, 2.45) is 0 Å². The molecule has 0 bridgehead atoms. The minimum atomic E-state index is -1.12. The average Bonchev–Trinajstić information content (AvgIpc) is 2.68. The van der Waals surface area contributed by atoms with Gasteiger partial charge in [-0.3, -0.25) is 9.78 Å². The van der Waals surface area contributed by atoms with Crippen molar-refractivity contribution in [1.82, 2.24) is 10.3 Å². The summed E-state index contributed by atoms with van der Waals surface area (Å²) in [7, 11) is 0. The van der Waals surface area contributed by atoms with Gasteiger partial charge in [0.05, 0.1) is 11.1 Å². The Hall–Kier alpha value is -3.47. The minimum Gasteiger partial charge on any atom is -0.478 e. The Morgan fingerprint density at radius 1 is 0.962 bits per heavy atom. The molecule has 0 aliphatic carbocycles. The fourth-order valence-corrected chi connectivity index (χ4v) is 2.79. The highest BCUT2D eigenvalue weighted by molar-refractivity contribution is 6.08. The van der Waals surface area contributed by atoms with Crippen molar-refractivity contribution in [2.75, 3.05) is 6.54 Å². The molecule has 0 aliphatic rings. The van der Waals surface area contributed by atoms with E-state index in [0.717, 1.165) is 11.1 Å². The molecule has 5 heteroatoms. The molecule has 3 aromatic rings. The second-order valence-electron chi connectivity index (χ2n) is 5.77. The van der Waals surface area contributed by atoms with Gasteiger partial charge in [0.1, 0.15) is 0 Å². The molecule has 0 fully saturated rings. The molecule has 2 aromatic carbocycles. The van der Waals surface area contributed by atoms with Crippen LogP contribution in [0, 0.1) is 0 Å². The lowest BCUT2D eigenvalue weighted by atomic mass is 9.95. The lowest BCUT2D eigenvalue weighted by Crippen LogP contribution is -2.27. The number of carbonyl (C=O) groups excluding carboxylic acids is 1. The van der Waals surface area contributed by atoms with Crippen molar-refractivity contribution in [2.45, 2.75) is 6.42 Å². The highest BCUT2D eigenvalue weighted by Crippen LogP contribution is 2.26. The quantitative estimate of drug-likeness (QED) is 0.717. The first-order valence-corrected chi connectivity index (χ1v) is 8.25. The maximum absolute atomic E-state index is 12.6. The van der Waals surface area contributed by atoms with Crippen molar-refractivity contribution in [3.63, 3.8) is 0 Å². The highest BCUT2D eigenvalue weighted by Gasteiger charge is 2.20. The number of benzene rings is 2. The Morgan fingerprint density at radius 3 is 2.46 bits per heavy atom. The van der Waals surface area contributed by atoms with Gasteiger partial charge in [-0.2, -0.15) is 0 Å². The molecule has 0 saturated carbocycles. The van der Waals surface area contributed by atoms with Crippen LogP contribution in [-0.2, 0) is 6.42 Å². The van der Waals surface area contributed by atoms with Crippen molar-refractivity contribution in [3.05, 3.63) is 89.7 Å². The van der Waals surface area contributed by atoms with Gasteiger partial charge in [-0.1, -0.05) is 48.5 Å². The van der Waals surface area contributed by atoms with Crippen molar-refractivity contribution in [3.8, 4) is 11.1 Å². The number of aromatic carboxylic acids is 1. The fraction of sp³-hybridized carbons (Fsp3) is 0.0952. The van der Waals surface area contributed by atoms with E-state index in [0.29, 0.717) is 18.5 Å². The van der Waals surface area contributed by atoms with Crippen LogP contribution < -0.4 is 5.32 Å². The molecule has 1 aromatic heterocycles. The Labute approximate surface area is 151 Å². The lowest BCUT2D eigenvalue weighted by Gasteiger charge is -2.12. The van der Waals surface area contributed by atoms with Crippen LogP contribution in [0.1, 0.15) is 26.3 Å². The molecule has 1 amide bonds. The molecule has 3 rings (SSSR count). The van der Waals surface area contributed by atoms with Crippen molar-refractivity contribution in [1.29, 1.82) is 0 Å². The molecular formula is C21H18N2O3. The van der Waals surface area contributed by atoms with E-state index in [1.807, 2.05) is 42.5 Å². The van der Waals surface area contributed by atoms with Crippen LogP contribution in [0.2, 0.25) is 0 Å². The smallest absolute Gasteiger partial charge is 0.337 e. The minimum absolute atomic E-state index is 0.0116. The Bertz CT molecular complexity index is 909. The second-order valence-corrected chi connectivity index (χ2v) is 5.77. The van der Waals surface area contributed by atoms with Crippen LogP contribution >= 0.6 is 0 Å². The number of carbonyl (C=O) groups is 2. The van der Waals surface area contributed by atoms with Gasteiger partial charge in [-0.25, -0.2) is 4.79 Å². The van der Waals surface area contributed by atoms with Crippen molar-refractivity contribution < 1.29 is 14.7 Å². The molecule has 0 unspecified atom stereocenters. The van der Waals surface area contributed by atoms with Gasteiger partial charge < -0.3 is 10.4 Å². The van der Waals surface area contributed by atoms with E-state index in [9.17, 15) is 14.7 Å². The normalized spacial score (nSPS) is 10.3. The van der Waals surface area contributed by atoms with Gasteiger partial charge in [0.15, 0.2) is 0 Å². The number of carboxylic acid groups (broad SMARTS) is 1. The first kappa shape index (κ1) is 17.4. The van der Waals surface area contributed by atoms with Gasteiger partial charge >= 0.3 is 5.97 Å². The van der Waals surface area contributed by atoms with E-state index in [1.54, 1.807) is 24.5 Å². The summed E-state index contributed by atoms with van der Waals surface area (Å²) < 4.78 is 0. The summed E-state index contributed by atoms with van der Waals surface area (Å²) in [6.45, 7) is 0.402. The zero-order valence-corrected chi connectivity index (χ0v) is 14.1. The number of hydrogen-bond donors (Lipinski definition) is 2. The summed E-state index contributed by atoms with van der Waals surface area (Å²) in [6.07, 6.45) is 4.06. The van der Waals surface area contributed by atoms with Gasteiger partial charge in [0, 0.05) is 18.9 Å². The molecule has 0 spiro atoms. The van der Waals surface area contributed by atoms with Crippen molar-refractivity contribution >= 4 is 11.9 Å². The molecule has 0 aliphatic heterocycles. The van der Waals surface area contributed by atoms with Gasteiger partial charge in [0.25, 0.3) is 5.91 Å². The van der Waals surface area contributed by atoms with Gasteiger partial charge in [0.2, 0.25) is 0 Å². The molecule has 0 atom stereocenters. The Kier molecular flexibility index (Phi) is 5.39. The molecule has 0 saturated heterocycles. The number of pyridine rings is 1. The largest absolute Gasteiger partial charge is 0.478 e. The van der Waals surface area contributed by atoms with E-state index in [4.69, 9.17) is 0 Å². The number of nitrogens with one attached hydrogen (secondary N) is 1. The third kappa shape index (κ3) is 3.95. The fourth-order valence-electron chi connectivity index (χ4n) is 2.79. The zero-order valence-electron chi connectivity index (χ0n) is 14.1. The number of hydrogen-bond acceptors (Lipinski definition) is 3. The Balaban J connectivity index is 1.82. The van der Waals surface area contributed by atoms with E-state index >= 15 is 0 Å². The summed E-state index contributed by atoms with van der Waals surface area (Å²) in [4.78, 5) is 28.4. The first-order chi connectivity index (χ1) is 12.7. The van der Waals surface area contributed by atoms with Gasteiger partial charge in [-0.15, -0.1) is 0 Å². The monoisotopic (exact) mass is 346 g/mol. The third-order valence-electron chi connectivity index (χ3n) is 4.03. The third-order valence-corrected chi connectivity index (χ3v) is 4.03. The predicted octanol–water partition coefficient (Wildman–Crippen LogP) is 3.42. The predicted molar refractivity (Wildman–Crippen MR) is 99.1 cm³/mol. The molecule has 130 valence electrons. The summed E-state index contributed by atoms with van der Waals surface area (Å²) >= 11 is 0. The standard InChI is InChI=1S/C21H18N2O3/c24-20(23-13-11-15-6-5-12-22-14-15)18-10-4-9-17(19(18)21(25)26)16-7-2-1-3-8-16/h1-10,12,14H,11,13H2,(H,23,24)(H,25,26). The topological polar surface area (TPSA) is 79.3 Å². The van der Waals surface area contributed by atoms with E-state index in [2.05, 4.69) is 10.3 Å². The number of rotatable bonds is 6. The summed E-state index contributed by atoms with van der Waals surface area (Å²) in [5.41, 5.74) is 2.46. The van der Waals surface area contributed by atoms with Crippen LogP contribution in [0.3, 0.4) is 0 Å². The van der Waals surface area contributed by atoms with Crippen LogP contribution in [0.25, 0.3) is 11.1 Å². The van der Waals surface area contributed by atoms with E-state index in [-0.39, 0.29) is 11.1 Å². The summed E-state index contributed by atoms with van der Waals surface area (Å²) in [6, 6.07) is 17.9. The highest BCUT2D eigenvalue weighted by atomic mass is 16.4. The first-order valence-electron chi connectivity index (χ1n) is 8.25. The van der Waals surface area contributed by atoms with Crippen LogP contribution in [-0.4, -0.2) is 28.5 Å². The van der Waals surface area contributed by atoms with Gasteiger partial charge in [-0.05, 0) is 35.2 Å². The van der Waals surface area contributed by atoms with Crippen LogP contribution in [0.5, 0.6) is 0 Å². The number of amides is 1. The molecule has 0 radical (unpaired) electrons. The molecule has 1 heterocycles. The van der Waals surface area contributed by atoms with E-state index in [1.165, 1.54) is 6.07 Å². The lowest BCUT2D eigenvalue weighted by molar-refractivity contribution is 0.0692. The van der Waals surface area contributed by atoms with Crippen LogP contribution in [0.15, 0.2) is 73.1 Å². The molecule has 2 N–H and O–H groups in total.